The molecule has 0 saturated heterocycles. The summed E-state index contributed by atoms with van der Waals surface area (Å²) >= 11 is 0. The largest absolute Gasteiger partial charge is 0.478 e. The molecule has 0 saturated carbocycles. The van der Waals surface area contributed by atoms with Gasteiger partial charge in [-0.15, -0.1) is 0 Å². The highest BCUT2D eigenvalue weighted by Crippen LogP contribution is 2.01. The number of carboxylic acids is 1. The SMILES string of the molecule is O=C(O)C=CCn1cccc([N+](=O)[O-])c1=O. The number of carboxylic acid groups (broad SMARTS) is 1. The molecule has 7 heteroatoms. The minimum atomic E-state index is -1.14. The van der Waals surface area contributed by atoms with E-state index in [0.29, 0.717) is 0 Å². The second-order valence-corrected chi connectivity index (χ2v) is 2.85. The lowest BCUT2D eigenvalue weighted by Crippen LogP contribution is -2.21. The highest BCUT2D eigenvalue weighted by Gasteiger charge is 2.12. The molecule has 0 atom stereocenters. The Morgan fingerprint density at radius 2 is 2.31 bits per heavy atom. The van der Waals surface area contributed by atoms with Crippen molar-refractivity contribution < 1.29 is 14.8 Å². The zero-order chi connectivity index (χ0) is 12.1. The summed E-state index contributed by atoms with van der Waals surface area (Å²) < 4.78 is 1.05. The van der Waals surface area contributed by atoms with Gasteiger partial charge in [0.05, 0.1) is 4.92 Å². The molecule has 1 aromatic rings. The fourth-order valence-corrected chi connectivity index (χ4v) is 1.07. The molecule has 0 aliphatic rings. The average molecular weight is 224 g/mol. The number of aliphatic carboxylic acids is 1. The quantitative estimate of drug-likeness (QED) is 0.453. The van der Waals surface area contributed by atoms with Gasteiger partial charge in [0.25, 0.3) is 0 Å². The zero-order valence-electron chi connectivity index (χ0n) is 8.07. The number of pyridine rings is 1. The number of aromatic nitrogens is 1. The van der Waals surface area contributed by atoms with Crippen LogP contribution >= 0.6 is 0 Å². The molecule has 0 fully saturated rings. The van der Waals surface area contributed by atoms with Crippen LogP contribution in [0.25, 0.3) is 0 Å². The highest BCUT2D eigenvalue weighted by atomic mass is 16.6. The van der Waals surface area contributed by atoms with E-state index in [1.54, 1.807) is 0 Å². The molecular weight excluding hydrogens is 216 g/mol. The molecule has 1 N–H and O–H groups in total. The summed E-state index contributed by atoms with van der Waals surface area (Å²) in [7, 11) is 0. The molecule has 0 unspecified atom stereocenters. The molecule has 1 rings (SSSR count). The molecule has 0 aromatic carbocycles. The smallest absolute Gasteiger partial charge is 0.334 e. The van der Waals surface area contributed by atoms with E-state index in [9.17, 15) is 19.7 Å². The van der Waals surface area contributed by atoms with Crippen LogP contribution in [0.1, 0.15) is 0 Å². The predicted octanol–water partition coefficient (Wildman–Crippen LogP) is 0.397. The van der Waals surface area contributed by atoms with Crippen LogP contribution in [-0.4, -0.2) is 20.6 Å². The summed E-state index contributed by atoms with van der Waals surface area (Å²) in [4.78, 5) is 31.3. The Bertz CT molecular complexity index is 503. The first kappa shape index (κ1) is 11.6. The van der Waals surface area contributed by atoms with Gasteiger partial charge in [-0.3, -0.25) is 14.9 Å². The van der Waals surface area contributed by atoms with E-state index in [-0.39, 0.29) is 6.54 Å². The van der Waals surface area contributed by atoms with E-state index in [2.05, 4.69) is 0 Å². The number of carbonyl (C=O) groups is 1. The van der Waals surface area contributed by atoms with Crippen molar-refractivity contribution >= 4 is 11.7 Å². The van der Waals surface area contributed by atoms with E-state index in [1.165, 1.54) is 18.3 Å². The van der Waals surface area contributed by atoms with Crippen molar-refractivity contribution in [3.05, 3.63) is 50.9 Å². The Morgan fingerprint density at radius 1 is 1.62 bits per heavy atom. The third-order valence-corrected chi connectivity index (χ3v) is 1.76. The van der Waals surface area contributed by atoms with Crippen molar-refractivity contribution in [2.75, 3.05) is 0 Å². The number of hydrogen-bond acceptors (Lipinski definition) is 4. The molecule has 0 aliphatic heterocycles. The molecule has 84 valence electrons. The molecule has 16 heavy (non-hydrogen) atoms. The second kappa shape index (κ2) is 4.87. The van der Waals surface area contributed by atoms with Crippen molar-refractivity contribution in [2.45, 2.75) is 6.54 Å². The van der Waals surface area contributed by atoms with Crippen molar-refractivity contribution in [1.82, 2.24) is 4.57 Å². The van der Waals surface area contributed by atoms with Crippen LogP contribution in [0.15, 0.2) is 35.3 Å². The minimum absolute atomic E-state index is 0.0210. The Labute approximate surface area is 89.4 Å². The topological polar surface area (TPSA) is 102 Å². The Morgan fingerprint density at radius 3 is 2.88 bits per heavy atom. The first-order valence-corrected chi connectivity index (χ1v) is 4.25. The third kappa shape index (κ3) is 2.77. The summed E-state index contributed by atoms with van der Waals surface area (Å²) in [5, 5.41) is 18.8. The van der Waals surface area contributed by atoms with E-state index in [4.69, 9.17) is 5.11 Å². The van der Waals surface area contributed by atoms with Gasteiger partial charge in [-0.1, -0.05) is 6.08 Å². The standard InChI is InChI=1S/C9H8N2O5/c12-8(13)4-2-6-10-5-1-3-7(9(10)14)11(15)16/h1-5H,6H2,(H,12,13). The minimum Gasteiger partial charge on any atom is -0.478 e. The number of nitrogens with zero attached hydrogens (tertiary/aromatic N) is 2. The summed E-state index contributed by atoms with van der Waals surface area (Å²) in [6, 6.07) is 2.45. The first-order chi connectivity index (χ1) is 7.52. The maximum Gasteiger partial charge on any atom is 0.334 e. The number of rotatable bonds is 4. The normalized spacial score (nSPS) is 10.5. The Kier molecular flexibility index (Phi) is 3.54. The molecule has 0 amide bonds. The van der Waals surface area contributed by atoms with Crippen LogP contribution in [0.3, 0.4) is 0 Å². The number of allylic oxidation sites excluding steroid dienone is 1. The average Bonchev–Trinajstić information content (AvgIpc) is 2.19. The molecule has 0 radical (unpaired) electrons. The van der Waals surface area contributed by atoms with Gasteiger partial charge in [0, 0.05) is 24.9 Å². The van der Waals surface area contributed by atoms with E-state index in [0.717, 1.165) is 16.7 Å². The summed E-state index contributed by atoms with van der Waals surface area (Å²) in [6.07, 6.45) is 3.44. The summed E-state index contributed by atoms with van der Waals surface area (Å²) in [5.74, 6) is -1.14. The van der Waals surface area contributed by atoms with Crippen molar-refractivity contribution in [3.8, 4) is 0 Å². The maximum absolute atomic E-state index is 11.4. The van der Waals surface area contributed by atoms with Gasteiger partial charge in [0.2, 0.25) is 0 Å². The van der Waals surface area contributed by atoms with Gasteiger partial charge in [-0.05, 0) is 6.07 Å². The van der Waals surface area contributed by atoms with Crippen LogP contribution in [0, 0.1) is 10.1 Å². The second-order valence-electron chi connectivity index (χ2n) is 2.85. The third-order valence-electron chi connectivity index (χ3n) is 1.76. The van der Waals surface area contributed by atoms with Crippen LogP contribution in [0.2, 0.25) is 0 Å². The van der Waals surface area contributed by atoms with Crippen LogP contribution in [0.5, 0.6) is 0 Å². The van der Waals surface area contributed by atoms with Gasteiger partial charge in [0.1, 0.15) is 0 Å². The Balaban J connectivity index is 2.98. The lowest BCUT2D eigenvalue weighted by atomic mass is 10.4. The summed E-state index contributed by atoms with van der Waals surface area (Å²) in [6.45, 7) is -0.0210. The van der Waals surface area contributed by atoms with E-state index in [1.807, 2.05) is 0 Å². The molecular formula is C9H8N2O5. The molecule has 0 aliphatic carbocycles. The lowest BCUT2D eigenvalue weighted by Gasteiger charge is -1.99. The Hall–Kier alpha value is -2.44. The molecule has 0 bridgehead atoms. The maximum atomic E-state index is 11.4. The monoisotopic (exact) mass is 224 g/mol. The van der Waals surface area contributed by atoms with Crippen molar-refractivity contribution in [2.24, 2.45) is 0 Å². The van der Waals surface area contributed by atoms with Crippen molar-refractivity contribution in [3.63, 3.8) is 0 Å². The van der Waals surface area contributed by atoms with E-state index < -0.39 is 22.1 Å². The zero-order valence-corrected chi connectivity index (χ0v) is 8.07. The predicted molar refractivity (Wildman–Crippen MR) is 54.1 cm³/mol. The molecule has 7 nitrogen and oxygen atoms in total. The van der Waals surface area contributed by atoms with Gasteiger partial charge in [-0.2, -0.15) is 0 Å². The number of nitro groups is 1. The van der Waals surface area contributed by atoms with Crippen LogP contribution in [0.4, 0.5) is 5.69 Å². The lowest BCUT2D eigenvalue weighted by molar-refractivity contribution is -0.386. The van der Waals surface area contributed by atoms with Gasteiger partial charge in [0.15, 0.2) is 0 Å². The van der Waals surface area contributed by atoms with Crippen LogP contribution in [-0.2, 0) is 11.3 Å². The van der Waals surface area contributed by atoms with Gasteiger partial charge < -0.3 is 9.67 Å². The van der Waals surface area contributed by atoms with E-state index >= 15 is 0 Å². The first-order valence-electron chi connectivity index (χ1n) is 4.25. The van der Waals surface area contributed by atoms with Gasteiger partial charge in [-0.25, -0.2) is 4.79 Å². The fraction of sp³-hybridized carbons (Fsp3) is 0.111. The van der Waals surface area contributed by atoms with Crippen molar-refractivity contribution in [1.29, 1.82) is 0 Å². The number of hydrogen-bond donors (Lipinski definition) is 1. The van der Waals surface area contributed by atoms with Crippen LogP contribution < -0.4 is 5.56 Å². The molecule has 1 aromatic heterocycles. The molecule has 0 spiro atoms. The molecule has 1 heterocycles. The summed E-state index contributed by atoms with van der Waals surface area (Å²) in [5.41, 5.74) is -1.30. The van der Waals surface area contributed by atoms with Gasteiger partial charge >= 0.3 is 17.2 Å². The fourth-order valence-electron chi connectivity index (χ4n) is 1.07. The highest BCUT2D eigenvalue weighted by molar-refractivity contribution is 5.79.